The number of rotatable bonds is 1. The third-order valence-corrected chi connectivity index (χ3v) is 4.87. The SMILES string of the molecule is O=C(O)c1c(I)sc2c1CCCCC2. The molecule has 0 amide bonds. The summed E-state index contributed by atoms with van der Waals surface area (Å²) in [5, 5.41) is 9.10. The molecule has 14 heavy (non-hydrogen) atoms. The molecule has 0 unspecified atom stereocenters. The van der Waals surface area contributed by atoms with Gasteiger partial charge in [0.1, 0.15) is 0 Å². The van der Waals surface area contributed by atoms with Crippen LogP contribution in [0.2, 0.25) is 0 Å². The molecule has 4 heteroatoms. The van der Waals surface area contributed by atoms with Crippen LogP contribution in [-0.4, -0.2) is 11.1 Å². The maximum atomic E-state index is 11.1. The second-order valence-electron chi connectivity index (χ2n) is 3.52. The van der Waals surface area contributed by atoms with Gasteiger partial charge in [0.2, 0.25) is 0 Å². The molecule has 0 fully saturated rings. The van der Waals surface area contributed by atoms with E-state index >= 15 is 0 Å². The first-order chi connectivity index (χ1) is 6.70. The first-order valence-electron chi connectivity index (χ1n) is 4.73. The molecule has 76 valence electrons. The molecule has 2 rings (SSSR count). The minimum atomic E-state index is -0.756. The highest BCUT2D eigenvalue weighted by Gasteiger charge is 2.22. The summed E-state index contributed by atoms with van der Waals surface area (Å²) in [6.07, 6.45) is 5.61. The summed E-state index contributed by atoms with van der Waals surface area (Å²) < 4.78 is 0.946. The number of hydrogen-bond donors (Lipinski definition) is 1. The number of aromatic carboxylic acids is 1. The lowest BCUT2D eigenvalue weighted by atomic mass is 10.1. The van der Waals surface area contributed by atoms with Crippen LogP contribution in [-0.2, 0) is 12.8 Å². The molecule has 1 N–H and O–H groups in total. The van der Waals surface area contributed by atoms with Crippen molar-refractivity contribution in [3.8, 4) is 0 Å². The van der Waals surface area contributed by atoms with Gasteiger partial charge in [0, 0.05) is 4.88 Å². The molecule has 0 saturated heterocycles. The molecule has 0 bridgehead atoms. The van der Waals surface area contributed by atoms with Crippen molar-refractivity contribution in [2.24, 2.45) is 0 Å². The molecule has 0 aliphatic heterocycles. The van der Waals surface area contributed by atoms with Crippen molar-refractivity contribution in [2.75, 3.05) is 0 Å². The number of carboxylic acids is 1. The lowest BCUT2D eigenvalue weighted by molar-refractivity contribution is 0.0695. The summed E-state index contributed by atoms with van der Waals surface area (Å²) in [7, 11) is 0. The molecule has 0 saturated carbocycles. The molecule has 0 spiro atoms. The molecule has 1 aromatic heterocycles. The number of fused-ring (bicyclic) bond motifs is 1. The predicted molar refractivity (Wildman–Crippen MR) is 65.3 cm³/mol. The fourth-order valence-electron chi connectivity index (χ4n) is 1.92. The van der Waals surface area contributed by atoms with Crippen molar-refractivity contribution < 1.29 is 9.90 Å². The van der Waals surface area contributed by atoms with E-state index in [-0.39, 0.29) is 0 Å². The number of carbonyl (C=O) groups is 1. The monoisotopic (exact) mass is 322 g/mol. The molecule has 1 heterocycles. The van der Waals surface area contributed by atoms with Gasteiger partial charge in [-0.2, -0.15) is 0 Å². The van der Waals surface area contributed by atoms with Gasteiger partial charge in [-0.3, -0.25) is 0 Å². The highest BCUT2D eigenvalue weighted by atomic mass is 127. The molecular weight excluding hydrogens is 311 g/mol. The summed E-state index contributed by atoms with van der Waals surface area (Å²) >= 11 is 3.81. The van der Waals surface area contributed by atoms with Gasteiger partial charge in [0.05, 0.1) is 8.45 Å². The lowest BCUT2D eigenvalue weighted by Gasteiger charge is -1.99. The van der Waals surface area contributed by atoms with Crippen LogP contribution in [0.5, 0.6) is 0 Å². The molecule has 0 atom stereocenters. The minimum Gasteiger partial charge on any atom is -0.478 e. The van der Waals surface area contributed by atoms with Gasteiger partial charge >= 0.3 is 5.97 Å². The predicted octanol–water partition coefficient (Wildman–Crippen LogP) is 3.32. The topological polar surface area (TPSA) is 37.3 Å². The second kappa shape index (κ2) is 4.18. The standard InChI is InChI=1S/C10H11IO2S/c11-9-8(10(12)13)6-4-2-1-3-5-7(6)14-9/h1-5H2,(H,12,13). The Bertz CT molecular complexity index is 370. The van der Waals surface area contributed by atoms with Gasteiger partial charge in [-0.05, 0) is 53.8 Å². The van der Waals surface area contributed by atoms with Crippen molar-refractivity contribution in [2.45, 2.75) is 32.1 Å². The molecule has 0 radical (unpaired) electrons. The van der Waals surface area contributed by atoms with E-state index in [4.69, 9.17) is 5.11 Å². The van der Waals surface area contributed by atoms with E-state index < -0.39 is 5.97 Å². The van der Waals surface area contributed by atoms with Crippen molar-refractivity contribution in [3.63, 3.8) is 0 Å². The van der Waals surface area contributed by atoms with Gasteiger partial charge in [-0.1, -0.05) is 6.42 Å². The Kier molecular flexibility index (Phi) is 3.11. The average molecular weight is 322 g/mol. The van der Waals surface area contributed by atoms with Crippen LogP contribution >= 0.6 is 33.9 Å². The van der Waals surface area contributed by atoms with Crippen LogP contribution in [0.25, 0.3) is 0 Å². The summed E-state index contributed by atoms with van der Waals surface area (Å²) in [6, 6.07) is 0. The number of carboxylic acid groups (broad SMARTS) is 1. The quantitative estimate of drug-likeness (QED) is 0.636. The first kappa shape index (κ1) is 10.4. The average Bonchev–Trinajstić information content (AvgIpc) is 2.31. The van der Waals surface area contributed by atoms with Gasteiger partial charge < -0.3 is 5.11 Å². The van der Waals surface area contributed by atoms with Gasteiger partial charge in [-0.15, -0.1) is 11.3 Å². The molecule has 1 aromatic rings. The Balaban J connectivity index is 2.49. The van der Waals surface area contributed by atoms with Crippen molar-refractivity contribution in [1.29, 1.82) is 0 Å². The lowest BCUT2D eigenvalue weighted by Crippen LogP contribution is -2.01. The summed E-state index contributed by atoms with van der Waals surface area (Å²) in [5.74, 6) is -0.756. The van der Waals surface area contributed by atoms with E-state index in [0.717, 1.165) is 27.7 Å². The number of aryl methyl sites for hydroxylation is 1. The highest BCUT2D eigenvalue weighted by molar-refractivity contribution is 14.1. The Hall–Kier alpha value is -0.100. The molecule has 1 aliphatic carbocycles. The molecular formula is C10H11IO2S. The second-order valence-corrected chi connectivity index (χ2v) is 6.43. The highest BCUT2D eigenvalue weighted by Crippen LogP contribution is 2.34. The van der Waals surface area contributed by atoms with E-state index in [9.17, 15) is 4.79 Å². The Morgan fingerprint density at radius 3 is 2.71 bits per heavy atom. The third-order valence-electron chi connectivity index (χ3n) is 2.59. The van der Waals surface area contributed by atoms with Crippen LogP contribution in [0.1, 0.15) is 40.1 Å². The normalized spacial score (nSPS) is 16.1. The number of hydrogen-bond acceptors (Lipinski definition) is 2. The van der Waals surface area contributed by atoms with Crippen LogP contribution in [0.3, 0.4) is 0 Å². The van der Waals surface area contributed by atoms with Crippen LogP contribution in [0.4, 0.5) is 0 Å². The summed E-state index contributed by atoms with van der Waals surface area (Å²) in [6.45, 7) is 0. The Labute approximate surface area is 100 Å². The Morgan fingerprint density at radius 2 is 2.00 bits per heavy atom. The molecule has 2 nitrogen and oxygen atoms in total. The van der Waals surface area contributed by atoms with Gasteiger partial charge in [-0.25, -0.2) is 4.79 Å². The van der Waals surface area contributed by atoms with Crippen LogP contribution in [0.15, 0.2) is 0 Å². The molecule has 1 aliphatic rings. The van der Waals surface area contributed by atoms with E-state index in [1.165, 1.54) is 17.7 Å². The number of halogens is 1. The van der Waals surface area contributed by atoms with E-state index in [0.29, 0.717) is 5.56 Å². The minimum absolute atomic E-state index is 0.576. The fraction of sp³-hybridized carbons (Fsp3) is 0.500. The number of thiophene rings is 1. The van der Waals surface area contributed by atoms with Crippen molar-refractivity contribution in [1.82, 2.24) is 0 Å². The molecule has 0 aromatic carbocycles. The maximum absolute atomic E-state index is 11.1. The third kappa shape index (κ3) is 1.82. The maximum Gasteiger partial charge on any atom is 0.337 e. The first-order valence-corrected chi connectivity index (χ1v) is 6.63. The van der Waals surface area contributed by atoms with Gasteiger partial charge in [0.15, 0.2) is 0 Å². The van der Waals surface area contributed by atoms with E-state index in [2.05, 4.69) is 22.6 Å². The van der Waals surface area contributed by atoms with Crippen LogP contribution in [0, 0.1) is 2.88 Å². The van der Waals surface area contributed by atoms with E-state index in [1.807, 2.05) is 0 Å². The van der Waals surface area contributed by atoms with Crippen LogP contribution < -0.4 is 0 Å². The fourth-order valence-corrected chi connectivity index (χ4v) is 4.38. The smallest absolute Gasteiger partial charge is 0.337 e. The van der Waals surface area contributed by atoms with Gasteiger partial charge in [0.25, 0.3) is 0 Å². The zero-order valence-corrected chi connectivity index (χ0v) is 10.7. The zero-order chi connectivity index (χ0) is 10.1. The van der Waals surface area contributed by atoms with Crippen molar-refractivity contribution >= 4 is 39.9 Å². The van der Waals surface area contributed by atoms with Crippen molar-refractivity contribution in [3.05, 3.63) is 18.9 Å². The Morgan fingerprint density at radius 1 is 1.29 bits per heavy atom. The summed E-state index contributed by atoms with van der Waals surface area (Å²) in [4.78, 5) is 12.4. The zero-order valence-electron chi connectivity index (χ0n) is 7.68. The summed E-state index contributed by atoms with van der Waals surface area (Å²) in [5.41, 5.74) is 1.69. The largest absolute Gasteiger partial charge is 0.478 e. The van der Waals surface area contributed by atoms with E-state index in [1.54, 1.807) is 11.3 Å².